The normalized spacial score (nSPS) is 12.4. The molecular weight excluding hydrogens is 218 g/mol. The van der Waals surface area contributed by atoms with Crippen LogP contribution in [0.2, 0.25) is 0 Å². The Bertz CT molecular complexity index is 457. The van der Waals surface area contributed by atoms with Gasteiger partial charge in [-0.1, -0.05) is 6.92 Å². The molecule has 2 aromatic heterocycles. The molecule has 0 saturated heterocycles. The van der Waals surface area contributed by atoms with Crippen molar-refractivity contribution in [3.8, 4) is 5.75 Å². The van der Waals surface area contributed by atoms with Crippen LogP contribution >= 0.6 is 0 Å². The van der Waals surface area contributed by atoms with Crippen molar-refractivity contribution in [3.05, 3.63) is 35.9 Å². The SMILES string of the molecule is CCNC(c1cn[nH]n1)c1ncccc1OC. The van der Waals surface area contributed by atoms with E-state index < -0.39 is 0 Å². The second-order valence-electron chi connectivity index (χ2n) is 3.48. The molecule has 1 atom stereocenters. The summed E-state index contributed by atoms with van der Waals surface area (Å²) >= 11 is 0. The Hall–Kier alpha value is -1.95. The first kappa shape index (κ1) is 11.5. The fourth-order valence-corrected chi connectivity index (χ4v) is 1.69. The monoisotopic (exact) mass is 233 g/mol. The van der Waals surface area contributed by atoms with Gasteiger partial charge in [-0.05, 0) is 18.7 Å². The van der Waals surface area contributed by atoms with E-state index in [9.17, 15) is 0 Å². The van der Waals surface area contributed by atoms with Gasteiger partial charge in [0.25, 0.3) is 0 Å². The van der Waals surface area contributed by atoms with E-state index in [0.29, 0.717) is 0 Å². The molecule has 17 heavy (non-hydrogen) atoms. The van der Waals surface area contributed by atoms with Gasteiger partial charge in [-0.2, -0.15) is 15.4 Å². The molecule has 2 N–H and O–H groups in total. The molecule has 0 aliphatic rings. The van der Waals surface area contributed by atoms with Crippen molar-refractivity contribution >= 4 is 0 Å². The average molecular weight is 233 g/mol. The van der Waals surface area contributed by atoms with Gasteiger partial charge in [0.05, 0.1) is 19.3 Å². The number of aromatic amines is 1. The Morgan fingerprint density at radius 1 is 1.53 bits per heavy atom. The molecule has 0 radical (unpaired) electrons. The van der Waals surface area contributed by atoms with Crippen LogP contribution in [-0.4, -0.2) is 34.0 Å². The number of nitrogens with one attached hydrogen (secondary N) is 2. The second kappa shape index (κ2) is 5.40. The van der Waals surface area contributed by atoms with Gasteiger partial charge in [-0.15, -0.1) is 0 Å². The highest BCUT2D eigenvalue weighted by Gasteiger charge is 2.20. The first-order valence-electron chi connectivity index (χ1n) is 5.44. The molecule has 90 valence electrons. The first-order valence-corrected chi connectivity index (χ1v) is 5.44. The van der Waals surface area contributed by atoms with Crippen LogP contribution in [0.1, 0.15) is 24.4 Å². The van der Waals surface area contributed by atoms with Gasteiger partial charge in [0.2, 0.25) is 0 Å². The second-order valence-corrected chi connectivity index (χ2v) is 3.48. The number of ether oxygens (including phenoxy) is 1. The van der Waals surface area contributed by atoms with Crippen LogP contribution in [-0.2, 0) is 0 Å². The van der Waals surface area contributed by atoms with E-state index in [1.54, 1.807) is 19.5 Å². The van der Waals surface area contributed by atoms with E-state index in [2.05, 4.69) is 25.7 Å². The van der Waals surface area contributed by atoms with Crippen LogP contribution in [0.15, 0.2) is 24.5 Å². The number of hydrogen-bond donors (Lipinski definition) is 2. The van der Waals surface area contributed by atoms with Crippen LogP contribution < -0.4 is 10.1 Å². The zero-order chi connectivity index (χ0) is 12.1. The molecule has 0 amide bonds. The molecule has 2 rings (SSSR count). The molecule has 0 fully saturated rings. The largest absolute Gasteiger partial charge is 0.495 e. The van der Waals surface area contributed by atoms with Crippen LogP contribution in [0.3, 0.4) is 0 Å². The number of methoxy groups -OCH3 is 1. The van der Waals surface area contributed by atoms with Crippen LogP contribution in [0.4, 0.5) is 0 Å². The van der Waals surface area contributed by atoms with E-state index in [1.165, 1.54) is 0 Å². The number of pyridine rings is 1. The summed E-state index contributed by atoms with van der Waals surface area (Å²) in [6.07, 6.45) is 3.42. The molecule has 0 saturated carbocycles. The maximum Gasteiger partial charge on any atom is 0.142 e. The molecule has 0 bridgehead atoms. The fourth-order valence-electron chi connectivity index (χ4n) is 1.69. The van der Waals surface area contributed by atoms with Gasteiger partial charge in [0, 0.05) is 6.20 Å². The number of rotatable bonds is 5. The molecule has 6 nitrogen and oxygen atoms in total. The third-order valence-electron chi connectivity index (χ3n) is 2.43. The van der Waals surface area contributed by atoms with Gasteiger partial charge in [0.15, 0.2) is 0 Å². The average Bonchev–Trinajstić information content (AvgIpc) is 2.89. The molecule has 2 aromatic rings. The Morgan fingerprint density at radius 3 is 3.06 bits per heavy atom. The Labute approximate surface area is 99.4 Å². The summed E-state index contributed by atoms with van der Waals surface area (Å²) < 4.78 is 5.31. The molecule has 2 heterocycles. The Morgan fingerprint density at radius 2 is 2.41 bits per heavy atom. The smallest absolute Gasteiger partial charge is 0.142 e. The Kier molecular flexibility index (Phi) is 3.66. The number of nitrogens with zero attached hydrogens (tertiary/aromatic N) is 3. The molecule has 0 aliphatic heterocycles. The van der Waals surface area contributed by atoms with Crippen molar-refractivity contribution in [1.29, 1.82) is 0 Å². The minimum absolute atomic E-state index is 0.116. The number of H-pyrrole nitrogens is 1. The van der Waals surface area contributed by atoms with Crippen LogP contribution in [0.5, 0.6) is 5.75 Å². The predicted octanol–water partition coefficient (Wildman–Crippen LogP) is 0.907. The van der Waals surface area contributed by atoms with Crippen LogP contribution in [0, 0.1) is 0 Å². The van der Waals surface area contributed by atoms with Crippen LogP contribution in [0.25, 0.3) is 0 Å². The van der Waals surface area contributed by atoms with E-state index in [0.717, 1.165) is 23.7 Å². The molecule has 0 aromatic carbocycles. The zero-order valence-electron chi connectivity index (χ0n) is 9.84. The Balaban J connectivity index is 2.39. The topological polar surface area (TPSA) is 75.7 Å². The minimum Gasteiger partial charge on any atom is -0.495 e. The van der Waals surface area contributed by atoms with E-state index in [4.69, 9.17) is 4.74 Å². The molecule has 0 aliphatic carbocycles. The third-order valence-corrected chi connectivity index (χ3v) is 2.43. The summed E-state index contributed by atoms with van der Waals surface area (Å²) in [5.41, 5.74) is 1.61. The van der Waals surface area contributed by atoms with Gasteiger partial charge in [-0.3, -0.25) is 4.98 Å². The quantitative estimate of drug-likeness (QED) is 0.802. The molecule has 1 unspecified atom stereocenters. The van der Waals surface area contributed by atoms with E-state index in [1.807, 2.05) is 19.1 Å². The van der Waals surface area contributed by atoms with Gasteiger partial charge in [0.1, 0.15) is 17.1 Å². The lowest BCUT2D eigenvalue weighted by molar-refractivity contribution is 0.399. The highest BCUT2D eigenvalue weighted by Crippen LogP contribution is 2.25. The van der Waals surface area contributed by atoms with E-state index >= 15 is 0 Å². The lowest BCUT2D eigenvalue weighted by Gasteiger charge is -2.16. The van der Waals surface area contributed by atoms with Crippen molar-refractivity contribution in [2.75, 3.05) is 13.7 Å². The van der Waals surface area contributed by atoms with Crippen molar-refractivity contribution in [2.45, 2.75) is 13.0 Å². The molecule has 6 heteroatoms. The molecular formula is C11H15N5O. The summed E-state index contributed by atoms with van der Waals surface area (Å²) in [4.78, 5) is 4.36. The van der Waals surface area contributed by atoms with Gasteiger partial charge in [-0.25, -0.2) is 0 Å². The highest BCUT2D eigenvalue weighted by molar-refractivity contribution is 5.33. The standard InChI is InChI=1S/C11H15N5O/c1-3-12-10(8-7-14-16-15-8)11-9(17-2)5-4-6-13-11/h4-7,10,12H,3H2,1-2H3,(H,14,15,16). The van der Waals surface area contributed by atoms with Crippen molar-refractivity contribution in [2.24, 2.45) is 0 Å². The van der Waals surface area contributed by atoms with E-state index in [-0.39, 0.29) is 6.04 Å². The predicted molar refractivity (Wildman–Crippen MR) is 62.7 cm³/mol. The van der Waals surface area contributed by atoms with Crippen molar-refractivity contribution < 1.29 is 4.74 Å². The summed E-state index contributed by atoms with van der Waals surface area (Å²) in [5.74, 6) is 0.737. The maximum absolute atomic E-state index is 5.31. The zero-order valence-corrected chi connectivity index (χ0v) is 9.84. The summed E-state index contributed by atoms with van der Waals surface area (Å²) in [5, 5.41) is 13.8. The third kappa shape index (κ3) is 2.42. The lowest BCUT2D eigenvalue weighted by Crippen LogP contribution is -2.23. The lowest BCUT2D eigenvalue weighted by atomic mass is 10.1. The van der Waals surface area contributed by atoms with Crippen molar-refractivity contribution in [1.82, 2.24) is 25.7 Å². The summed E-state index contributed by atoms with van der Waals surface area (Å²) in [6, 6.07) is 3.61. The maximum atomic E-state index is 5.31. The fraction of sp³-hybridized carbons (Fsp3) is 0.364. The molecule has 0 spiro atoms. The number of hydrogen-bond acceptors (Lipinski definition) is 5. The number of aromatic nitrogens is 4. The summed E-state index contributed by atoms with van der Waals surface area (Å²) in [6.45, 7) is 2.83. The first-order chi connectivity index (χ1) is 8.36. The van der Waals surface area contributed by atoms with Gasteiger partial charge >= 0.3 is 0 Å². The highest BCUT2D eigenvalue weighted by atomic mass is 16.5. The van der Waals surface area contributed by atoms with Crippen molar-refractivity contribution in [3.63, 3.8) is 0 Å². The minimum atomic E-state index is -0.116. The summed E-state index contributed by atoms with van der Waals surface area (Å²) in [7, 11) is 1.63. The van der Waals surface area contributed by atoms with Gasteiger partial charge < -0.3 is 10.1 Å².